The highest BCUT2D eigenvalue weighted by atomic mass is 15.4. The first-order chi connectivity index (χ1) is 5.25. The Morgan fingerprint density at radius 1 is 1.45 bits per heavy atom. The van der Waals surface area contributed by atoms with Crippen LogP contribution in [0.15, 0.2) is 0 Å². The maximum absolute atomic E-state index is 4.31. The first-order valence-corrected chi connectivity index (χ1v) is 3.84. The van der Waals surface area contributed by atoms with Crippen LogP contribution < -0.4 is 0 Å². The lowest BCUT2D eigenvalue weighted by atomic mass is 10.3. The summed E-state index contributed by atoms with van der Waals surface area (Å²) in [4.78, 5) is 6.55. The fraction of sp³-hybridized carbons (Fsp3) is 0.714. The van der Waals surface area contributed by atoms with Gasteiger partial charge in [-0.3, -0.25) is 4.90 Å². The van der Waals surface area contributed by atoms with Gasteiger partial charge in [0.05, 0.1) is 6.67 Å². The fourth-order valence-corrected chi connectivity index (χ4v) is 1.39. The average Bonchev–Trinajstić information content (AvgIpc) is 2.27. The van der Waals surface area contributed by atoms with Gasteiger partial charge in [0.15, 0.2) is 0 Å². The Bertz CT molecular complexity index is 265. The van der Waals surface area contributed by atoms with Gasteiger partial charge in [0.2, 0.25) is 0 Å². The Labute approximate surface area is 65.8 Å². The lowest BCUT2D eigenvalue weighted by Crippen LogP contribution is -2.31. The van der Waals surface area contributed by atoms with Gasteiger partial charge in [-0.2, -0.15) is 5.10 Å². The summed E-state index contributed by atoms with van der Waals surface area (Å²) < 4.78 is 1.97. The summed E-state index contributed by atoms with van der Waals surface area (Å²) >= 11 is 0. The van der Waals surface area contributed by atoms with Crippen molar-refractivity contribution in [3.8, 4) is 0 Å². The molecule has 4 nitrogen and oxygen atoms in total. The topological polar surface area (TPSA) is 34.0 Å². The SMILES string of the molecule is Cc1nc2n(n1)CN(C)CC2. The molecule has 1 aromatic rings. The third-order valence-electron chi connectivity index (χ3n) is 1.95. The summed E-state index contributed by atoms with van der Waals surface area (Å²) in [5.74, 6) is 2.01. The third-order valence-corrected chi connectivity index (χ3v) is 1.95. The second-order valence-electron chi connectivity index (χ2n) is 3.05. The van der Waals surface area contributed by atoms with Crippen LogP contribution >= 0.6 is 0 Å². The van der Waals surface area contributed by atoms with Gasteiger partial charge >= 0.3 is 0 Å². The molecule has 0 atom stereocenters. The molecule has 0 saturated carbocycles. The first kappa shape index (κ1) is 6.79. The zero-order valence-corrected chi connectivity index (χ0v) is 6.91. The quantitative estimate of drug-likeness (QED) is 0.526. The summed E-state index contributed by atoms with van der Waals surface area (Å²) in [5.41, 5.74) is 0. The van der Waals surface area contributed by atoms with E-state index in [0.29, 0.717) is 0 Å². The molecule has 0 bridgehead atoms. The number of aryl methyl sites for hydroxylation is 1. The zero-order chi connectivity index (χ0) is 7.84. The highest BCUT2D eigenvalue weighted by Crippen LogP contribution is 2.06. The van der Waals surface area contributed by atoms with Gasteiger partial charge in [-0.05, 0) is 14.0 Å². The second kappa shape index (κ2) is 2.30. The zero-order valence-electron chi connectivity index (χ0n) is 6.91. The number of fused-ring (bicyclic) bond motifs is 1. The van der Waals surface area contributed by atoms with E-state index in [0.717, 1.165) is 31.3 Å². The van der Waals surface area contributed by atoms with E-state index in [-0.39, 0.29) is 0 Å². The van der Waals surface area contributed by atoms with E-state index < -0.39 is 0 Å². The van der Waals surface area contributed by atoms with E-state index in [9.17, 15) is 0 Å². The van der Waals surface area contributed by atoms with Gasteiger partial charge in [-0.15, -0.1) is 0 Å². The predicted molar refractivity (Wildman–Crippen MR) is 41.1 cm³/mol. The molecule has 0 N–H and O–H groups in total. The molecular weight excluding hydrogens is 140 g/mol. The van der Waals surface area contributed by atoms with E-state index in [4.69, 9.17) is 0 Å². The number of rotatable bonds is 0. The van der Waals surface area contributed by atoms with E-state index in [1.807, 2.05) is 11.6 Å². The van der Waals surface area contributed by atoms with Crippen LogP contribution in [0.1, 0.15) is 11.6 Å². The molecule has 1 aromatic heterocycles. The molecule has 11 heavy (non-hydrogen) atoms. The van der Waals surface area contributed by atoms with Gasteiger partial charge in [0.25, 0.3) is 0 Å². The van der Waals surface area contributed by atoms with Crippen LogP contribution in [-0.4, -0.2) is 33.3 Å². The van der Waals surface area contributed by atoms with Gasteiger partial charge in [0.1, 0.15) is 11.6 Å². The highest BCUT2D eigenvalue weighted by molar-refractivity contribution is 4.93. The molecular formula is C7H12N4. The summed E-state index contributed by atoms with van der Waals surface area (Å²) in [6, 6.07) is 0. The molecule has 0 fully saturated rings. The van der Waals surface area contributed by atoms with E-state index >= 15 is 0 Å². The minimum absolute atomic E-state index is 0.885. The first-order valence-electron chi connectivity index (χ1n) is 3.84. The molecule has 60 valence electrons. The Morgan fingerprint density at radius 2 is 2.27 bits per heavy atom. The molecule has 0 spiro atoms. The standard InChI is InChI=1S/C7H12N4/c1-6-8-7-3-4-10(2)5-11(7)9-6/h3-5H2,1-2H3. The number of hydrogen-bond donors (Lipinski definition) is 0. The monoisotopic (exact) mass is 152 g/mol. The summed E-state index contributed by atoms with van der Waals surface area (Å²) in [6.45, 7) is 3.92. The van der Waals surface area contributed by atoms with Crippen LogP contribution in [0, 0.1) is 6.92 Å². The van der Waals surface area contributed by atoms with Crippen molar-refractivity contribution < 1.29 is 0 Å². The van der Waals surface area contributed by atoms with Crippen LogP contribution in [0.3, 0.4) is 0 Å². The van der Waals surface area contributed by atoms with Crippen molar-refractivity contribution in [2.45, 2.75) is 20.0 Å². The molecule has 0 aromatic carbocycles. The van der Waals surface area contributed by atoms with Crippen molar-refractivity contribution in [2.24, 2.45) is 0 Å². The molecule has 1 aliphatic heterocycles. The lowest BCUT2D eigenvalue weighted by Gasteiger charge is -2.21. The number of nitrogens with zero attached hydrogens (tertiary/aromatic N) is 4. The van der Waals surface area contributed by atoms with E-state index in [1.54, 1.807) is 0 Å². The van der Waals surface area contributed by atoms with Gasteiger partial charge in [0, 0.05) is 13.0 Å². The fourth-order valence-electron chi connectivity index (χ4n) is 1.39. The molecule has 0 amide bonds. The van der Waals surface area contributed by atoms with Crippen LogP contribution in [0.4, 0.5) is 0 Å². The van der Waals surface area contributed by atoms with E-state index in [1.165, 1.54) is 0 Å². The van der Waals surface area contributed by atoms with Crippen LogP contribution in [0.2, 0.25) is 0 Å². The lowest BCUT2D eigenvalue weighted by molar-refractivity contribution is 0.221. The minimum atomic E-state index is 0.885. The van der Waals surface area contributed by atoms with Crippen LogP contribution in [-0.2, 0) is 13.1 Å². The predicted octanol–water partition coefficient (Wildman–Crippen LogP) is 0.0319. The third kappa shape index (κ3) is 1.14. The van der Waals surface area contributed by atoms with Gasteiger partial charge in [-0.25, -0.2) is 9.67 Å². The molecule has 1 aliphatic rings. The smallest absolute Gasteiger partial charge is 0.147 e. The number of hydrogen-bond acceptors (Lipinski definition) is 3. The average molecular weight is 152 g/mol. The molecule has 0 unspecified atom stereocenters. The summed E-state index contributed by atoms with van der Waals surface area (Å²) in [5, 5.41) is 4.27. The summed E-state index contributed by atoms with van der Waals surface area (Å²) in [7, 11) is 2.10. The Hall–Kier alpha value is -0.900. The van der Waals surface area contributed by atoms with Crippen molar-refractivity contribution >= 4 is 0 Å². The largest absolute Gasteiger partial charge is 0.287 e. The van der Waals surface area contributed by atoms with Crippen molar-refractivity contribution in [1.29, 1.82) is 0 Å². The van der Waals surface area contributed by atoms with Gasteiger partial charge < -0.3 is 0 Å². The molecule has 2 rings (SSSR count). The molecule has 0 saturated heterocycles. The number of aromatic nitrogens is 3. The Balaban J connectivity index is 2.34. The Kier molecular flexibility index (Phi) is 1.42. The number of likely N-dealkylation sites (N-methyl/N-ethyl adjacent to an activating group) is 1. The van der Waals surface area contributed by atoms with Crippen molar-refractivity contribution in [2.75, 3.05) is 13.6 Å². The second-order valence-corrected chi connectivity index (χ2v) is 3.05. The van der Waals surface area contributed by atoms with Crippen molar-refractivity contribution in [3.05, 3.63) is 11.6 Å². The maximum Gasteiger partial charge on any atom is 0.147 e. The Morgan fingerprint density at radius 3 is 3.09 bits per heavy atom. The molecule has 0 radical (unpaired) electrons. The van der Waals surface area contributed by atoms with Crippen molar-refractivity contribution in [3.63, 3.8) is 0 Å². The molecule has 4 heteroatoms. The van der Waals surface area contributed by atoms with E-state index in [2.05, 4.69) is 22.0 Å². The highest BCUT2D eigenvalue weighted by Gasteiger charge is 2.14. The van der Waals surface area contributed by atoms with Crippen molar-refractivity contribution in [1.82, 2.24) is 19.7 Å². The molecule has 2 heterocycles. The van der Waals surface area contributed by atoms with Gasteiger partial charge in [-0.1, -0.05) is 0 Å². The van der Waals surface area contributed by atoms with Crippen LogP contribution in [0.25, 0.3) is 0 Å². The normalized spacial score (nSPS) is 18.4. The summed E-state index contributed by atoms with van der Waals surface area (Å²) in [6.07, 6.45) is 1.03. The maximum atomic E-state index is 4.31. The molecule has 0 aliphatic carbocycles. The van der Waals surface area contributed by atoms with Crippen LogP contribution in [0.5, 0.6) is 0 Å². The minimum Gasteiger partial charge on any atom is -0.287 e.